The Labute approximate surface area is 134 Å². The predicted octanol–water partition coefficient (Wildman–Crippen LogP) is 3.83. The van der Waals surface area contributed by atoms with Gasteiger partial charge in [0.2, 0.25) is 0 Å². The van der Waals surface area contributed by atoms with E-state index in [1.165, 1.54) is 0 Å². The summed E-state index contributed by atoms with van der Waals surface area (Å²) >= 11 is 5.95. The van der Waals surface area contributed by atoms with E-state index >= 15 is 0 Å². The van der Waals surface area contributed by atoms with Gasteiger partial charge >= 0.3 is 0 Å². The van der Waals surface area contributed by atoms with Gasteiger partial charge in [0.15, 0.2) is 5.78 Å². The van der Waals surface area contributed by atoms with Crippen LogP contribution in [0.15, 0.2) is 54.6 Å². The second kappa shape index (κ2) is 6.32. The molecular formula is C18H16ClNO2. The van der Waals surface area contributed by atoms with E-state index in [4.69, 9.17) is 11.6 Å². The van der Waals surface area contributed by atoms with Crippen LogP contribution in [0, 0.1) is 0 Å². The smallest absolute Gasteiger partial charge is 0.254 e. The van der Waals surface area contributed by atoms with Gasteiger partial charge in [0.25, 0.3) is 5.91 Å². The van der Waals surface area contributed by atoms with E-state index < -0.39 is 0 Å². The van der Waals surface area contributed by atoms with Crippen molar-refractivity contribution in [3.8, 4) is 0 Å². The number of nitrogens with zero attached hydrogens (tertiary/aromatic N) is 1. The molecule has 1 aliphatic heterocycles. The van der Waals surface area contributed by atoms with E-state index in [1.807, 2.05) is 18.2 Å². The number of Topliss-reactive ketones (excluding diaryl/α,β-unsaturated/α-hetero) is 1. The minimum atomic E-state index is -0.381. The van der Waals surface area contributed by atoms with Crippen molar-refractivity contribution in [1.29, 1.82) is 0 Å². The molecule has 0 bridgehead atoms. The summed E-state index contributed by atoms with van der Waals surface area (Å²) < 4.78 is 0. The van der Waals surface area contributed by atoms with Crippen LogP contribution in [0.1, 0.15) is 33.6 Å². The Morgan fingerprint density at radius 2 is 1.73 bits per heavy atom. The number of rotatable bonds is 3. The van der Waals surface area contributed by atoms with Crippen molar-refractivity contribution in [2.24, 2.45) is 0 Å². The maximum Gasteiger partial charge on any atom is 0.254 e. The molecule has 3 nitrogen and oxygen atoms in total. The molecule has 2 aromatic carbocycles. The van der Waals surface area contributed by atoms with Gasteiger partial charge in [0, 0.05) is 22.7 Å². The summed E-state index contributed by atoms with van der Waals surface area (Å²) in [6.45, 7) is 0.606. The Morgan fingerprint density at radius 3 is 2.45 bits per heavy atom. The van der Waals surface area contributed by atoms with Crippen LogP contribution in [-0.2, 0) is 0 Å². The maximum absolute atomic E-state index is 12.7. The summed E-state index contributed by atoms with van der Waals surface area (Å²) in [5, 5.41) is 0.524. The topological polar surface area (TPSA) is 37.4 Å². The van der Waals surface area contributed by atoms with Crippen LogP contribution in [0.25, 0.3) is 0 Å². The third-order valence-electron chi connectivity index (χ3n) is 3.95. The van der Waals surface area contributed by atoms with E-state index in [0.29, 0.717) is 29.1 Å². The highest BCUT2D eigenvalue weighted by Crippen LogP contribution is 2.24. The molecule has 3 rings (SSSR count). The standard InChI is InChI=1S/C18H16ClNO2/c19-15-9-4-8-14(12-15)18(22)20-11-5-10-16(20)17(21)13-6-2-1-3-7-13/h1-4,6-9,12,16H,5,10-11H2. The fourth-order valence-electron chi connectivity index (χ4n) is 2.86. The fraction of sp³-hybridized carbons (Fsp3) is 0.222. The molecule has 0 spiro atoms. The van der Waals surface area contributed by atoms with Gasteiger partial charge in [-0.3, -0.25) is 9.59 Å². The molecule has 1 saturated heterocycles. The first-order valence-electron chi connectivity index (χ1n) is 7.32. The summed E-state index contributed by atoms with van der Waals surface area (Å²) in [7, 11) is 0. The zero-order valence-corrected chi connectivity index (χ0v) is 12.8. The van der Waals surface area contributed by atoms with Gasteiger partial charge in [-0.25, -0.2) is 0 Å². The monoisotopic (exact) mass is 313 g/mol. The Bertz CT molecular complexity index is 699. The zero-order chi connectivity index (χ0) is 15.5. The van der Waals surface area contributed by atoms with Crippen molar-refractivity contribution in [3.63, 3.8) is 0 Å². The molecule has 0 saturated carbocycles. The van der Waals surface area contributed by atoms with Crippen LogP contribution >= 0.6 is 11.6 Å². The van der Waals surface area contributed by atoms with Crippen molar-refractivity contribution in [2.75, 3.05) is 6.54 Å². The number of amides is 1. The molecule has 22 heavy (non-hydrogen) atoms. The predicted molar refractivity (Wildman–Crippen MR) is 86.3 cm³/mol. The first-order chi connectivity index (χ1) is 10.7. The zero-order valence-electron chi connectivity index (χ0n) is 12.0. The molecule has 0 aromatic heterocycles. The Morgan fingerprint density at radius 1 is 1.00 bits per heavy atom. The fourth-order valence-corrected chi connectivity index (χ4v) is 3.05. The highest BCUT2D eigenvalue weighted by molar-refractivity contribution is 6.31. The number of halogens is 1. The molecule has 1 aliphatic rings. The van der Waals surface area contributed by atoms with E-state index in [2.05, 4.69) is 0 Å². The molecule has 0 radical (unpaired) electrons. The Hall–Kier alpha value is -2.13. The molecule has 1 heterocycles. The van der Waals surface area contributed by atoms with Crippen LogP contribution in [-0.4, -0.2) is 29.2 Å². The van der Waals surface area contributed by atoms with Gasteiger partial charge in [0.05, 0.1) is 6.04 Å². The third-order valence-corrected chi connectivity index (χ3v) is 4.18. The lowest BCUT2D eigenvalue weighted by atomic mass is 10.0. The van der Waals surface area contributed by atoms with Crippen molar-refractivity contribution >= 4 is 23.3 Å². The van der Waals surface area contributed by atoms with Gasteiger partial charge < -0.3 is 4.90 Å². The van der Waals surface area contributed by atoms with Gasteiger partial charge in [-0.05, 0) is 31.0 Å². The lowest BCUT2D eigenvalue weighted by Crippen LogP contribution is -2.40. The molecule has 1 amide bonds. The second-order valence-electron chi connectivity index (χ2n) is 5.40. The summed E-state index contributed by atoms with van der Waals surface area (Å²) in [5.74, 6) is -0.122. The Balaban J connectivity index is 1.84. The second-order valence-corrected chi connectivity index (χ2v) is 5.83. The van der Waals surface area contributed by atoms with Crippen molar-refractivity contribution in [2.45, 2.75) is 18.9 Å². The van der Waals surface area contributed by atoms with Gasteiger partial charge in [-0.15, -0.1) is 0 Å². The third kappa shape index (κ3) is 2.90. The number of carbonyl (C=O) groups is 2. The summed E-state index contributed by atoms with van der Waals surface area (Å²) in [4.78, 5) is 27.0. The molecule has 1 fully saturated rings. The van der Waals surface area contributed by atoms with E-state index in [-0.39, 0.29) is 17.7 Å². The lowest BCUT2D eigenvalue weighted by molar-refractivity contribution is 0.0671. The van der Waals surface area contributed by atoms with E-state index in [1.54, 1.807) is 41.3 Å². The number of likely N-dealkylation sites (tertiary alicyclic amines) is 1. The lowest BCUT2D eigenvalue weighted by Gasteiger charge is -2.24. The molecule has 4 heteroatoms. The average Bonchev–Trinajstić information content (AvgIpc) is 3.04. The minimum absolute atomic E-state index is 0.00785. The van der Waals surface area contributed by atoms with Crippen LogP contribution < -0.4 is 0 Å². The molecule has 1 unspecified atom stereocenters. The molecule has 0 N–H and O–H groups in total. The summed E-state index contributed by atoms with van der Waals surface area (Å²) in [5.41, 5.74) is 1.18. The molecular weight excluding hydrogens is 298 g/mol. The normalized spacial score (nSPS) is 17.5. The van der Waals surface area contributed by atoms with Crippen molar-refractivity contribution in [3.05, 3.63) is 70.7 Å². The van der Waals surface area contributed by atoms with Crippen LogP contribution in [0.5, 0.6) is 0 Å². The molecule has 0 aliphatic carbocycles. The maximum atomic E-state index is 12.7. The van der Waals surface area contributed by atoms with Crippen molar-refractivity contribution < 1.29 is 9.59 Å². The number of hydrogen-bond donors (Lipinski definition) is 0. The largest absolute Gasteiger partial charge is 0.328 e. The number of carbonyl (C=O) groups excluding carboxylic acids is 2. The highest BCUT2D eigenvalue weighted by Gasteiger charge is 2.34. The van der Waals surface area contributed by atoms with E-state index in [9.17, 15) is 9.59 Å². The average molecular weight is 314 g/mol. The highest BCUT2D eigenvalue weighted by atomic mass is 35.5. The van der Waals surface area contributed by atoms with E-state index in [0.717, 1.165) is 6.42 Å². The molecule has 112 valence electrons. The van der Waals surface area contributed by atoms with Crippen molar-refractivity contribution in [1.82, 2.24) is 4.90 Å². The van der Waals surface area contributed by atoms with Gasteiger partial charge in [-0.1, -0.05) is 48.0 Å². The van der Waals surface area contributed by atoms with Gasteiger partial charge in [0.1, 0.15) is 0 Å². The SMILES string of the molecule is O=C(c1ccccc1)C1CCCN1C(=O)c1cccc(Cl)c1. The first-order valence-corrected chi connectivity index (χ1v) is 7.70. The number of ketones is 1. The number of benzene rings is 2. The quantitative estimate of drug-likeness (QED) is 0.808. The summed E-state index contributed by atoms with van der Waals surface area (Å²) in [6, 6.07) is 15.6. The van der Waals surface area contributed by atoms with Gasteiger partial charge in [-0.2, -0.15) is 0 Å². The van der Waals surface area contributed by atoms with Crippen LogP contribution in [0.2, 0.25) is 5.02 Å². The molecule has 1 atom stereocenters. The first kappa shape index (κ1) is 14.8. The van der Waals surface area contributed by atoms with Crippen LogP contribution in [0.3, 0.4) is 0 Å². The Kier molecular flexibility index (Phi) is 4.25. The molecule has 2 aromatic rings. The summed E-state index contributed by atoms with van der Waals surface area (Å²) in [6.07, 6.45) is 1.55. The number of hydrogen-bond acceptors (Lipinski definition) is 2. The minimum Gasteiger partial charge on any atom is -0.328 e. The van der Waals surface area contributed by atoms with Crippen LogP contribution in [0.4, 0.5) is 0 Å².